The zero-order valence-corrected chi connectivity index (χ0v) is 9.70. The summed E-state index contributed by atoms with van der Waals surface area (Å²) in [6.45, 7) is 1.73. The monoisotopic (exact) mass is 251 g/mol. The first-order chi connectivity index (χ1) is 6.94. The second-order valence-corrected chi connectivity index (χ2v) is 5.32. The molecule has 1 rings (SSSR count). The zero-order chi connectivity index (χ0) is 11.5. The van der Waals surface area contributed by atoms with Crippen molar-refractivity contribution in [2.24, 2.45) is 0 Å². The molecule has 0 saturated carbocycles. The third-order valence-electron chi connectivity index (χ3n) is 1.67. The van der Waals surface area contributed by atoms with E-state index in [1.807, 2.05) is 0 Å². The Bertz CT molecular complexity index is 447. The lowest BCUT2D eigenvalue weighted by Gasteiger charge is -2.07. The Kier molecular flexibility index (Phi) is 3.93. The summed E-state index contributed by atoms with van der Waals surface area (Å²) >= 11 is 5.53. The number of anilines is 1. The van der Waals surface area contributed by atoms with Crippen molar-refractivity contribution in [2.75, 3.05) is 10.5 Å². The van der Waals surface area contributed by atoms with Gasteiger partial charge in [-0.15, -0.1) is 0 Å². The van der Waals surface area contributed by atoms with E-state index in [0.29, 0.717) is 6.42 Å². The van der Waals surface area contributed by atoms with E-state index >= 15 is 0 Å². The highest BCUT2D eigenvalue weighted by Gasteiger charge is 2.11. The Morgan fingerprint density at radius 3 is 2.67 bits per heavy atom. The summed E-state index contributed by atoms with van der Waals surface area (Å²) in [6, 6.07) is 3.78. The average molecular weight is 252 g/mol. The summed E-state index contributed by atoms with van der Waals surface area (Å²) in [4.78, 5) is 0. The van der Waals surface area contributed by atoms with Gasteiger partial charge in [0, 0.05) is 5.02 Å². The van der Waals surface area contributed by atoms with Crippen LogP contribution in [0.2, 0.25) is 5.02 Å². The van der Waals surface area contributed by atoms with Gasteiger partial charge in [0.25, 0.3) is 0 Å². The van der Waals surface area contributed by atoms with Crippen molar-refractivity contribution in [3.05, 3.63) is 29.0 Å². The number of hydrogen-bond acceptors (Lipinski definition) is 2. The molecule has 0 bridgehead atoms. The van der Waals surface area contributed by atoms with Crippen molar-refractivity contribution in [1.29, 1.82) is 0 Å². The molecule has 6 heteroatoms. The van der Waals surface area contributed by atoms with Crippen molar-refractivity contribution in [3.8, 4) is 0 Å². The third-order valence-corrected chi connectivity index (χ3v) is 3.38. The normalized spacial score (nSPS) is 11.4. The summed E-state index contributed by atoms with van der Waals surface area (Å²) in [5, 5.41) is 0.228. The Morgan fingerprint density at radius 2 is 2.13 bits per heavy atom. The molecule has 84 valence electrons. The van der Waals surface area contributed by atoms with E-state index in [2.05, 4.69) is 4.72 Å². The van der Waals surface area contributed by atoms with Crippen LogP contribution < -0.4 is 4.72 Å². The van der Waals surface area contributed by atoms with Crippen molar-refractivity contribution in [1.82, 2.24) is 0 Å². The molecule has 0 heterocycles. The SMILES string of the molecule is CCCS(=O)(=O)Nc1ccc(Cl)cc1F. The predicted octanol–water partition coefficient (Wildman–Crippen LogP) is 2.63. The number of hydrogen-bond donors (Lipinski definition) is 1. The van der Waals surface area contributed by atoms with Crippen molar-refractivity contribution >= 4 is 27.3 Å². The quantitative estimate of drug-likeness (QED) is 0.894. The molecule has 1 aromatic carbocycles. The van der Waals surface area contributed by atoms with Gasteiger partial charge in [-0.05, 0) is 24.6 Å². The van der Waals surface area contributed by atoms with Gasteiger partial charge in [-0.25, -0.2) is 12.8 Å². The van der Waals surface area contributed by atoms with Crippen LogP contribution in [0.4, 0.5) is 10.1 Å². The van der Waals surface area contributed by atoms with E-state index < -0.39 is 15.8 Å². The molecule has 0 fully saturated rings. The van der Waals surface area contributed by atoms with Crippen molar-refractivity contribution in [3.63, 3.8) is 0 Å². The zero-order valence-electron chi connectivity index (χ0n) is 8.13. The minimum Gasteiger partial charge on any atom is -0.281 e. The highest BCUT2D eigenvalue weighted by Crippen LogP contribution is 2.19. The minimum absolute atomic E-state index is 0.0327. The van der Waals surface area contributed by atoms with Gasteiger partial charge < -0.3 is 0 Å². The number of rotatable bonds is 4. The molecule has 3 nitrogen and oxygen atoms in total. The van der Waals surface area contributed by atoms with E-state index in [-0.39, 0.29) is 16.5 Å². The second kappa shape index (κ2) is 4.81. The maximum Gasteiger partial charge on any atom is 0.232 e. The van der Waals surface area contributed by atoms with Crippen LogP contribution in [0.3, 0.4) is 0 Å². The van der Waals surface area contributed by atoms with Crippen molar-refractivity contribution in [2.45, 2.75) is 13.3 Å². The molecule has 0 saturated heterocycles. The van der Waals surface area contributed by atoms with Gasteiger partial charge in [0.2, 0.25) is 10.0 Å². The molecule has 0 amide bonds. The predicted molar refractivity (Wildman–Crippen MR) is 59.1 cm³/mol. The van der Waals surface area contributed by atoms with E-state index in [4.69, 9.17) is 11.6 Å². The Balaban J connectivity index is 2.90. The van der Waals surface area contributed by atoms with Crippen LogP contribution in [0, 0.1) is 5.82 Å². The third kappa shape index (κ3) is 3.68. The fraction of sp³-hybridized carbons (Fsp3) is 0.333. The molecule has 0 atom stereocenters. The summed E-state index contributed by atoms with van der Waals surface area (Å²) in [5.41, 5.74) is -0.0761. The molecule has 0 unspecified atom stereocenters. The van der Waals surface area contributed by atoms with Gasteiger partial charge in [0.1, 0.15) is 5.82 Å². The standard InChI is InChI=1S/C9H11ClFNO2S/c1-2-5-15(13,14)12-9-4-3-7(10)6-8(9)11/h3-4,6,12H,2,5H2,1H3. The lowest BCUT2D eigenvalue weighted by Crippen LogP contribution is -2.16. The topological polar surface area (TPSA) is 46.2 Å². The first-order valence-corrected chi connectivity index (χ1v) is 6.43. The molecule has 0 aliphatic rings. The molecule has 0 aromatic heterocycles. The van der Waals surface area contributed by atoms with Crippen LogP contribution in [-0.4, -0.2) is 14.2 Å². The van der Waals surface area contributed by atoms with Gasteiger partial charge >= 0.3 is 0 Å². The van der Waals surface area contributed by atoms with Gasteiger partial charge in [-0.1, -0.05) is 18.5 Å². The van der Waals surface area contributed by atoms with Gasteiger partial charge in [-0.2, -0.15) is 0 Å². The fourth-order valence-electron chi connectivity index (χ4n) is 1.06. The lowest BCUT2D eigenvalue weighted by molar-refractivity contribution is 0.597. The van der Waals surface area contributed by atoms with Crippen LogP contribution in [0.25, 0.3) is 0 Å². The fourth-order valence-corrected chi connectivity index (χ4v) is 2.36. The molecular formula is C9H11ClFNO2S. The lowest BCUT2D eigenvalue weighted by atomic mass is 10.3. The highest BCUT2D eigenvalue weighted by molar-refractivity contribution is 7.92. The molecular weight excluding hydrogens is 241 g/mol. The number of nitrogens with one attached hydrogen (secondary N) is 1. The van der Waals surface area contributed by atoms with Gasteiger partial charge in [0.15, 0.2) is 0 Å². The number of sulfonamides is 1. The van der Waals surface area contributed by atoms with Gasteiger partial charge in [-0.3, -0.25) is 4.72 Å². The van der Waals surface area contributed by atoms with Crippen LogP contribution in [0.1, 0.15) is 13.3 Å². The molecule has 0 aliphatic carbocycles. The average Bonchev–Trinajstić information content (AvgIpc) is 2.09. The highest BCUT2D eigenvalue weighted by atomic mass is 35.5. The maximum absolute atomic E-state index is 13.2. The maximum atomic E-state index is 13.2. The number of halogens is 2. The molecule has 0 radical (unpaired) electrons. The van der Waals surface area contributed by atoms with E-state index in [1.54, 1.807) is 6.92 Å². The largest absolute Gasteiger partial charge is 0.281 e. The molecule has 0 spiro atoms. The summed E-state index contributed by atoms with van der Waals surface area (Å²) < 4.78 is 38.0. The Morgan fingerprint density at radius 1 is 1.47 bits per heavy atom. The Hall–Kier alpha value is -0.810. The van der Waals surface area contributed by atoms with Crippen LogP contribution in [0.15, 0.2) is 18.2 Å². The molecule has 1 aromatic rings. The molecule has 0 aliphatic heterocycles. The summed E-state index contributed by atoms with van der Waals surface area (Å²) in [7, 11) is -3.45. The van der Waals surface area contributed by atoms with Crippen molar-refractivity contribution < 1.29 is 12.8 Å². The second-order valence-electron chi connectivity index (χ2n) is 3.05. The van der Waals surface area contributed by atoms with E-state index in [0.717, 1.165) is 6.07 Å². The smallest absolute Gasteiger partial charge is 0.232 e. The van der Waals surface area contributed by atoms with E-state index in [9.17, 15) is 12.8 Å². The molecule has 15 heavy (non-hydrogen) atoms. The number of benzene rings is 1. The van der Waals surface area contributed by atoms with Crippen LogP contribution in [0.5, 0.6) is 0 Å². The Labute approximate surface area is 93.3 Å². The minimum atomic E-state index is -3.45. The first kappa shape index (κ1) is 12.3. The van der Waals surface area contributed by atoms with Crippen LogP contribution >= 0.6 is 11.6 Å². The first-order valence-electron chi connectivity index (χ1n) is 4.40. The summed E-state index contributed by atoms with van der Waals surface area (Å²) in [5.74, 6) is -0.711. The van der Waals surface area contributed by atoms with Gasteiger partial charge in [0.05, 0.1) is 11.4 Å². The summed E-state index contributed by atoms with van der Waals surface area (Å²) in [6.07, 6.45) is 0.477. The van der Waals surface area contributed by atoms with E-state index in [1.165, 1.54) is 12.1 Å². The molecule has 1 N–H and O–H groups in total. The van der Waals surface area contributed by atoms with Crippen LogP contribution in [-0.2, 0) is 10.0 Å².